The molecular formula is C22H16N4O4S. The van der Waals surface area contributed by atoms with Gasteiger partial charge in [0.2, 0.25) is 11.8 Å². The van der Waals surface area contributed by atoms with Gasteiger partial charge in [-0.15, -0.1) is 10.2 Å². The van der Waals surface area contributed by atoms with E-state index in [-0.39, 0.29) is 28.5 Å². The summed E-state index contributed by atoms with van der Waals surface area (Å²) in [6, 6.07) is 23.4. The van der Waals surface area contributed by atoms with Crippen molar-refractivity contribution >= 4 is 29.0 Å². The second kappa shape index (κ2) is 9.23. The van der Waals surface area contributed by atoms with Crippen LogP contribution in [-0.2, 0) is 4.79 Å². The molecule has 9 heteroatoms. The van der Waals surface area contributed by atoms with Crippen LogP contribution < -0.4 is 5.32 Å². The summed E-state index contributed by atoms with van der Waals surface area (Å²) >= 11 is 1.11. The quantitative estimate of drug-likeness (QED) is 0.247. The van der Waals surface area contributed by atoms with Crippen molar-refractivity contribution in [3.05, 3.63) is 89.0 Å². The van der Waals surface area contributed by atoms with E-state index in [9.17, 15) is 14.9 Å². The van der Waals surface area contributed by atoms with Crippen LogP contribution in [0.1, 0.15) is 0 Å². The van der Waals surface area contributed by atoms with E-state index in [0.29, 0.717) is 11.3 Å². The van der Waals surface area contributed by atoms with Crippen molar-refractivity contribution in [3.8, 4) is 22.6 Å². The van der Waals surface area contributed by atoms with Gasteiger partial charge >= 0.3 is 0 Å². The number of amides is 1. The number of nitro groups is 1. The van der Waals surface area contributed by atoms with Crippen molar-refractivity contribution in [1.82, 2.24) is 10.2 Å². The fourth-order valence-corrected chi connectivity index (χ4v) is 3.37. The predicted octanol–water partition coefficient (Wildman–Crippen LogP) is 5.04. The third-order valence-electron chi connectivity index (χ3n) is 4.33. The summed E-state index contributed by atoms with van der Waals surface area (Å²) in [6.07, 6.45) is 0. The van der Waals surface area contributed by atoms with Crippen LogP contribution in [0.2, 0.25) is 0 Å². The summed E-state index contributed by atoms with van der Waals surface area (Å²) in [5.41, 5.74) is 3.41. The molecule has 8 nitrogen and oxygen atoms in total. The normalized spacial score (nSPS) is 10.6. The monoisotopic (exact) mass is 432 g/mol. The van der Waals surface area contributed by atoms with E-state index in [1.165, 1.54) is 24.3 Å². The Kier molecular flexibility index (Phi) is 6.04. The van der Waals surface area contributed by atoms with Crippen LogP contribution in [-0.4, -0.2) is 26.8 Å². The molecule has 3 aromatic carbocycles. The molecule has 1 amide bonds. The van der Waals surface area contributed by atoms with Crippen molar-refractivity contribution < 1.29 is 14.1 Å². The minimum atomic E-state index is -0.479. The Morgan fingerprint density at radius 3 is 2.23 bits per heavy atom. The molecule has 31 heavy (non-hydrogen) atoms. The molecule has 0 bridgehead atoms. The largest absolute Gasteiger partial charge is 0.411 e. The third kappa shape index (κ3) is 5.14. The third-order valence-corrected chi connectivity index (χ3v) is 5.15. The second-order valence-corrected chi connectivity index (χ2v) is 7.38. The van der Waals surface area contributed by atoms with Crippen LogP contribution in [0.5, 0.6) is 0 Å². The first-order chi connectivity index (χ1) is 15.1. The Bertz CT molecular complexity index is 1190. The van der Waals surface area contributed by atoms with E-state index in [1.54, 1.807) is 0 Å². The number of carbonyl (C=O) groups is 1. The van der Waals surface area contributed by atoms with E-state index in [0.717, 1.165) is 22.9 Å². The van der Waals surface area contributed by atoms with E-state index in [2.05, 4.69) is 15.5 Å². The number of carbonyl (C=O) groups excluding carboxylic acids is 1. The molecule has 0 spiro atoms. The zero-order valence-corrected chi connectivity index (χ0v) is 16.9. The standard InChI is InChI=1S/C22H16N4O4S/c27-20(23-18-10-6-16(7-11-18)15-4-2-1-3-5-15)14-31-22-25-24-21(30-22)17-8-12-19(13-9-17)26(28)29/h1-13H,14H2,(H,23,27). The number of non-ortho nitro benzene ring substituents is 1. The highest BCUT2D eigenvalue weighted by atomic mass is 32.2. The van der Waals surface area contributed by atoms with Crippen LogP contribution in [0, 0.1) is 10.1 Å². The first kappa shape index (κ1) is 20.3. The zero-order valence-electron chi connectivity index (χ0n) is 16.1. The highest BCUT2D eigenvalue weighted by Crippen LogP contribution is 2.25. The summed E-state index contributed by atoms with van der Waals surface area (Å²) in [4.78, 5) is 22.5. The number of rotatable bonds is 7. The first-order valence-corrected chi connectivity index (χ1v) is 10.2. The summed E-state index contributed by atoms with van der Waals surface area (Å²) in [6.45, 7) is 0. The van der Waals surface area contributed by atoms with Gasteiger partial charge in [0.05, 0.1) is 10.7 Å². The van der Waals surface area contributed by atoms with Gasteiger partial charge in [0.1, 0.15) is 0 Å². The van der Waals surface area contributed by atoms with Crippen molar-refractivity contribution in [3.63, 3.8) is 0 Å². The fourth-order valence-electron chi connectivity index (χ4n) is 2.81. The molecule has 0 aliphatic carbocycles. The number of nitrogens with zero attached hydrogens (tertiary/aromatic N) is 3. The van der Waals surface area contributed by atoms with Crippen LogP contribution in [0.25, 0.3) is 22.6 Å². The average molecular weight is 432 g/mol. The summed E-state index contributed by atoms with van der Waals surface area (Å²) in [5.74, 6) is 0.129. The first-order valence-electron chi connectivity index (χ1n) is 9.25. The molecule has 0 aliphatic heterocycles. The Hall–Kier alpha value is -3.98. The SMILES string of the molecule is O=C(CSc1nnc(-c2ccc([N+](=O)[O-])cc2)o1)Nc1ccc(-c2ccccc2)cc1. The summed E-state index contributed by atoms with van der Waals surface area (Å²) in [5, 5.41) is 21.6. The van der Waals surface area contributed by atoms with Gasteiger partial charge in [0, 0.05) is 23.4 Å². The molecule has 0 radical (unpaired) electrons. The van der Waals surface area contributed by atoms with Gasteiger partial charge < -0.3 is 9.73 Å². The van der Waals surface area contributed by atoms with Crippen LogP contribution in [0.4, 0.5) is 11.4 Å². The molecule has 154 valence electrons. The highest BCUT2D eigenvalue weighted by Gasteiger charge is 2.13. The Morgan fingerprint density at radius 2 is 1.55 bits per heavy atom. The Morgan fingerprint density at radius 1 is 0.903 bits per heavy atom. The smallest absolute Gasteiger partial charge is 0.277 e. The minimum absolute atomic E-state index is 0.0219. The van der Waals surface area contributed by atoms with Crippen molar-refractivity contribution in [2.24, 2.45) is 0 Å². The van der Waals surface area contributed by atoms with Gasteiger partial charge in [0.25, 0.3) is 10.9 Å². The van der Waals surface area contributed by atoms with E-state index >= 15 is 0 Å². The molecule has 4 aromatic rings. The minimum Gasteiger partial charge on any atom is -0.411 e. The molecule has 0 unspecified atom stereocenters. The molecule has 1 heterocycles. The molecular weight excluding hydrogens is 416 g/mol. The lowest BCUT2D eigenvalue weighted by molar-refractivity contribution is -0.384. The second-order valence-electron chi connectivity index (χ2n) is 6.46. The lowest BCUT2D eigenvalue weighted by Crippen LogP contribution is -2.13. The van der Waals surface area contributed by atoms with Gasteiger partial charge in [-0.3, -0.25) is 14.9 Å². The summed E-state index contributed by atoms with van der Waals surface area (Å²) in [7, 11) is 0. The summed E-state index contributed by atoms with van der Waals surface area (Å²) < 4.78 is 5.53. The van der Waals surface area contributed by atoms with Gasteiger partial charge in [-0.05, 0) is 35.4 Å². The molecule has 4 rings (SSSR count). The zero-order chi connectivity index (χ0) is 21.6. The molecule has 0 atom stereocenters. The maximum atomic E-state index is 12.2. The van der Waals surface area contributed by atoms with Gasteiger partial charge in [-0.25, -0.2) is 0 Å². The van der Waals surface area contributed by atoms with Gasteiger partial charge in [-0.1, -0.05) is 54.2 Å². The maximum Gasteiger partial charge on any atom is 0.277 e. The number of hydrogen-bond donors (Lipinski definition) is 1. The molecule has 0 saturated heterocycles. The molecule has 0 fully saturated rings. The van der Waals surface area contributed by atoms with Crippen LogP contribution >= 0.6 is 11.8 Å². The van der Waals surface area contributed by atoms with E-state index in [1.807, 2.05) is 54.6 Å². The molecule has 0 saturated carbocycles. The number of nitrogens with one attached hydrogen (secondary N) is 1. The van der Waals surface area contributed by atoms with Crippen LogP contribution in [0.15, 0.2) is 88.5 Å². The number of thioether (sulfide) groups is 1. The van der Waals surface area contributed by atoms with Gasteiger partial charge in [-0.2, -0.15) is 0 Å². The van der Waals surface area contributed by atoms with Crippen LogP contribution in [0.3, 0.4) is 0 Å². The Labute approximate surface area is 181 Å². The highest BCUT2D eigenvalue weighted by molar-refractivity contribution is 7.99. The van der Waals surface area contributed by atoms with Crippen molar-refractivity contribution in [2.45, 2.75) is 5.22 Å². The van der Waals surface area contributed by atoms with Crippen molar-refractivity contribution in [1.29, 1.82) is 0 Å². The topological polar surface area (TPSA) is 111 Å². The molecule has 1 aromatic heterocycles. The number of hydrogen-bond acceptors (Lipinski definition) is 7. The Balaban J connectivity index is 1.31. The average Bonchev–Trinajstić information content (AvgIpc) is 3.28. The number of anilines is 1. The number of benzene rings is 3. The predicted molar refractivity (Wildman–Crippen MR) is 118 cm³/mol. The lowest BCUT2D eigenvalue weighted by Gasteiger charge is -2.06. The molecule has 0 aliphatic rings. The molecule has 1 N–H and O–H groups in total. The van der Waals surface area contributed by atoms with Crippen molar-refractivity contribution in [2.75, 3.05) is 11.1 Å². The fraction of sp³-hybridized carbons (Fsp3) is 0.0455. The van der Waals surface area contributed by atoms with E-state index < -0.39 is 4.92 Å². The van der Waals surface area contributed by atoms with E-state index in [4.69, 9.17) is 4.42 Å². The van der Waals surface area contributed by atoms with Gasteiger partial charge in [0.15, 0.2) is 0 Å². The maximum absolute atomic E-state index is 12.2. The number of nitro benzene ring substituents is 1. The number of aromatic nitrogens is 2. The lowest BCUT2D eigenvalue weighted by atomic mass is 10.1.